The number of anilines is 1. The molecule has 1 N–H and O–H groups in total. The van der Waals surface area contributed by atoms with Crippen LogP contribution >= 0.6 is 0 Å². The molecule has 126 valence electrons. The van der Waals surface area contributed by atoms with Gasteiger partial charge in [0.25, 0.3) is 0 Å². The third-order valence-corrected chi connectivity index (χ3v) is 3.77. The zero-order chi connectivity index (χ0) is 16.9. The highest BCUT2D eigenvalue weighted by atomic mass is 16.5. The van der Waals surface area contributed by atoms with Gasteiger partial charge < -0.3 is 14.4 Å². The molecule has 1 fully saturated rings. The van der Waals surface area contributed by atoms with Gasteiger partial charge in [0.05, 0.1) is 19.8 Å². The van der Waals surface area contributed by atoms with Crippen LogP contribution in [0.3, 0.4) is 0 Å². The van der Waals surface area contributed by atoms with Crippen LogP contribution in [0.25, 0.3) is 0 Å². The van der Waals surface area contributed by atoms with Crippen molar-refractivity contribution >= 4 is 11.8 Å². The largest absolute Gasteiger partial charge is 0.467 e. The number of hydrogen-bond donors (Lipinski definition) is 1. The summed E-state index contributed by atoms with van der Waals surface area (Å²) in [5.74, 6) is 0.405. The van der Waals surface area contributed by atoms with Gasteiger partial charge >= 0.3 is 12.0 Å². The molecular formula is C17H20N4O3. The third-order valence-electron chi connectivity index (χ3n) is 3.77. The van der Waals surface area contributed by atoms with E-state index in [1.54, 1.807) is 11.0 Å². The van der Waals surface area contributed by atoms with Gasteiger partial charge in [0, 0.05) is 12.7 Å². The monoisotopic (exact) mass is 328 g/mol. The van der Waals surface area contributed by atoms with Crippen LogP contribution in [-0.4, -0.2) is 47.2 Å². The number of aromatic nitrogens is 2. The Kier molecular flexibility index (Phi) is 4.90. The van der Waals surface area contributed by atoms with E-state index in [9.17, 15) is 4.79 Å². The molecular weight excluding hydrogens is 308 g/mol. The van der Waals surface area contributed by atoms with E-state index in [0.717, 1.165) is 5.56 Å². The Bertz CT molecular complexity index is 695. The minimum atomic E-state index is -0.216. The summed E-state index contributed by atoms with van der Waals surface area (Å²) < 4.78 is 10.9. The normalized spacial score (nSPS) is 20.5. The van der Waals surface area contributed by atoms with Crippen LogP contribution in [0.4, 0.5) is 10.6 Å². The van der Waals surface area contributed by atoms with E-state index in [-0.39, 0.29) is 24.2 Å². The molecule has 1 saturated heterocycles. The highest BCUT2D eigenvalue weighted by Gasteiger charge is 2.29. The molecule has 0 unspecified atom stereocenters. The quantitative estimate of drug-likeness (QED) is 0.937. The summed E-state index contributed by atoms with van der Waals surface area (Å²) in [5, 5.41) is 2.78. The number of rotatable bonds is 3. The molecule has 3 rings (SSSR count). The topological polar surface area (TPSA) is 76.6 Å². The molecule has 2 atom stereocenters. The molecule has 0 aliphatic carbocycles. The zero-order valence-electron chi connectivity index (χ0n) is 13.7. The minimum Gasteiger partial charge on any atom is -0.467 e. The molecule has 1 aromatic heterocycles. The van der Waals surface area contributed by atoms with E-state index >= 15 is 0 Å². The first kappa shape index (κ1) is 16.2. The van der Waals surface area contributed by atoms with E-state index in [0.29, 0.717) is 18.9 Å². The number of amides is 2. The molecule has 1 aromatic carbocycles. The summed E-state index contributed by atoms with van der Waals surface area (Å²) in [6.07, 6.45) is 1.35. The molecule has 0 spiro atoms. The van der Waals surface area contributed by atoms with Crippen LogP contribution in [0.5, 0.6) is 6.01 Å². The van der Waals surface area contributed by atoms with Gasteiger partial charge in [0.2, 0.25) is 0 Å². The Balaban J connectivity index is 1.69. The predicted molar refractivity (Wildman–Crippen MR) is 88.9 cm³/mol. The van der Waals surface area contributed by atoms with Gasteiger partial charge in [-0.25, -0.2) is 9.78 Å². The summed E-state index contributed by atoms with van der Waals surface area (Å²) >= 11 is 0. The number of benzene rings is 1. The van der Waals surface area contributed by atoms with Crippen molar-refractivity contribution in [1.82, 2.24) is 14.9 Å². The van der Waals surface area contributed by atoms with E-state index in [2.05, 4.69) is 15.3 Å². The predicted octanol–water partition coefficient (Wildman–Crippen LogP) is 2.48. The van der Waals surface area contributed by atoms with Gasteiger partial charge in [-0.1, -0.05) is 30.3 Å². The fourth-order valence-electron chi connectivity index (χ4n) is 2.67. The minimum absolute atomic E-state index is 0.0466. The van der Waals surface area contributed by atoms with Crippen molar-refractivity contribution in [2.75, 3.05) is 25.5 Å². The molecule has 1 aliphatic rings. The molecule has 2 heterocycles. The van der Waals surface area contributed by atoms with Gasteiger partial charge in [-0.15, -0.1) is 0 Å². The number of morpholine rings is 1. The second-order valence-corrected chi connectivity index (χ2v) is 5.61. The summed E-state index contributed by atoms with van der Waals surface area (Å²) in [4.78, 5) is 22.3. The van der Waals surface area contributed by atoms with Crippen LogP contribution in [0.1, 0.15) is 18.6 Å². The maximum absolute atomic E-state index is 12.5. The van der Waals surface area contributed by atoms with Gasteiger partial charge in [-0.05, 0) is 18.6 Å². The lowest BCUT2D eigenvalue weighted by atomic mass is 10.1. The molecule has 2 aromatic rings. The number of nitrogens with zero attached hydrogens (tertiary/aromatic N) is 3. The van der Waals surface area contributed by atoms with Crippen molar-refractivity contribution in [3.05, 3.63) is 48.2 Å². The van der Waals surface area contributed by atoms with Gasteiger partial charge in [0.15, 0.2) is 0 Å². The van der Waals surface area contributed by atoms with E-state index in [1.807, 2.05) is 37.3 Å². The fourth-order valence-corrected chi connectivity index (χ4v) is 2.67. The number of urea groups is 1. The maximum atomic E-state index is 12.5. The smallest absolute Gasteiger partial charge is 0.323 e. The van der Waals surface area contributed by atoms with Crippen LogP contribution in [0.15, 0.2) is 42.6 Å². The number of methoxy groups -OCH3 is 1. The Hall–Kier alpha value is -2.67. The molecule has 7 nitrogen and oxygen atoms in total. The summed E-state index contributed by atoms with van der Waals surface area (Å²) in [6.45, 7) is 2.98. The molecule has 24 heavy (non-hydrogen) atoms. The Labute approximate surface area is 140 Å². The van der Waals surface area contributed by atoms with Crippen molar-refractivity contribution < 1.29 is 14.3 Å². The lowest BCUT2D eigenvalue weighted by molar-refractivity contribution is -0.0642. The van der Waals surface area contributed by atoms with Gasteiger partial charge in [-0.3, -0.25) is 5.32 Å². The number of carbonyl (C=O) groups is 1. The number of hydrogen-bond acceptors (Lipinski definition) is 5. The van der Waals surface area contributed by atoms with Gasteiger partial charge in [0.1, 0.15) is 11.9 Å². The van der Waals surface area contributed by atoms with Crippen LogP contribution in [-0.2, 0) is 4.74 Å². The van der Waals surface area contributed by atoms with Crippen molar-refractivity contribution in [2.45, 2.75) is 19.1 Å². The van der Waals surface area contributed by atoms with E-state index < -0.39 is 0 Å². The molecule has 7 heteroatoms. The summed E-state index contributed by atoms with van der Waals surface area (Å²) in [6, 6.07) is 11.5. The second-order valence-electron chi connectivity index (χ2n) is 5.61. The molecule has 1 aliphatic heterocycles. The number of carbonyl (C=O) groups excluding carboxylic acids is 1. The van der Waals surface area contributed by atoms with E-state index in [4.69, 9.17) is 9.47 Å². The first-order chi connectivity index (χ1) is 11.7. The molecule has 0 saturated carbocycles. The van der Waals surface area contributed by atoms with Crippen molar-refractivity contribution in [3.8, 4) is 6.01 Å². The van der Waals surface area contributed by atoms with Crippen molar-refractivity contribution in [1.29, 1.82) is 0 Å². The summed E-state index contributed by atoms with van der Waals surface area (Å²) in [5.41, 5.74) is 1.06. The highest BCUT2D eigenvalue weighted by Crippen LogP contribution is 2.25. The Morgan fingerprint density at radius 1 is 1.29 bits per heavy atom. The number of nitrogens with one attached hydrogen (secondary N) is 1. The van der Waals surface area contributed by atoms with Crippen LogP contribution < -0.4 is 10.1 Å². The number of ether oxygens (including phenoxy) is 2. The first-order valence-electron chi connectivity index (χ1n) is 7.79. The third kappa shape index (κ3) is 3.80. The molecule has 0 bridgehead atoms. The average Bonchev–Trinajstić information content (AvgIpc) is 2.62. The molecule has 2 amide bonds. The lowest BCUT2D eigenvalue weighted by Crippen LogP contribution is -2.47. The molecule has 0 radical (unpaired) electrons. The maximum Gasteiger partial charge on any atom is 0.323 e. The SMILES string of the molecule is COc1nccc(NC(=O)N2C[C@@H](C)O[C@H](c3ccccc3)C2)n1. The second kappa shape index (κ2) is 7.27. The standard InChI is InChI=1S/C17H20N4O3/c1-12-10-21(11-14(24-12)13-6-4-3-5-7-13)17(22)20-15-8-9-18-16(19-15)23-2/h3-9,12,14H,10-11H2,1-2H3,(H,18,19,20,22)/t12-,14+/m1/s1. The van der Waals surface area contributed by atoms with Gasteiger partial charge in [-0.2, -0.15) is 4.98 Å². The van der Waals surface area contributed by atoms with Crippen LogP contribution in [0, 0.1) is 0 Å². The van der Waals surface area contributed by atoms with Crippen molar-refractivity contribution in [3.63, 3.8) is 0 Å². The first-order valence-corrected chi connectivity index (χ1v) is 7.79. The summed E-state index contributed by atoms with van der Waals surface area (Å²) in [7, 11) is 1.48. The van der Waals surface area contributed by atoms with E-state index in [1.165, 1.54) is 13.3 Å². The average molecular weight is 328 g/mol. The van der Waals surface area contributed by atoms with Crippen molar-refractivity contribution in [2.24, 2.45) is 0 Å². The zero-order valence-corrected chi connectivity index (χ0v) is 13.7. The fraction of sp³-hybridized carbons (Fsp3) is 0.353. The Morgan fingerprint density at radius 3 is 2.83 bits per heavy atom. The lowest BCUT2D eigenvalue weighted by Gasteiger charge is -2.36. The highest BCUT2D eigenvalue weighted by molar-refractivity contribution is 5.88. The van der Waals surface area contributed by atoms with Crippen LogP contribution in [0.2, 0.25) is 0 Å². The Morgan fingerprint density at radius 2 is 2.08 bits per heavy atom.